The summed E-state index contributed by atoms with van der Waals surface area (Å²) in [6.07, 6.45) is 0.709. The van der Waals surface area contributed by atoms with E-state index in [1.54, 1.807) is 30.3 Å². The molecule has 0 N–H and O–H groups in total. The highest BCUT2D eigenvalue weighted by molar-refractivity contribution is 5.80. The molecule has 4 aromatic rings. The molecule has 0 radical (unpaired) electrons. The second-order valence-electron chi connectivity index (χ2n) is 7.91. The van der Waals surface area contributed by atoms with Gasteiger partial charge >= 0.3 is 0 Å². The minimum Gasteiger partial charge on any atom is -0.493 e. The highest BCUT2D eigenvalue weighted by Gasteiger charge is 2.16. The highest BCUT2D eigenvalue weighted by atomic mass is 16.5. The van der Waals surface area contributed by atoms with Crippen molar-refractivity contribution in [1.82, 2.24) is 0 Å². The van der Waals surface area contributed by atoms with Crippen molar-refractivity contribution in [2.75, 3.05) is 34.5 Å². The first kappa shape index (κ1) is 24.0. The zero-order valence-corrected chi connectivity index (χ0v) is 20.3. The largest absolute Gasteiger partial charge is 0.493 e. The summed E-state index contributed by atoms with van der Waals surface area (Å²) in [5.41, 5.74) is 2.06. The smallest absolute Gasteiger partial charge is 0.203 e. The third kappa shape index (κ3) is 5.51. The van der Waals surface area contributed by atoms with Crippen LogP contribution in [0.2, 0.25) is 0 Å². The van der Waals surface area contributed by atoms with Gasteiger partial charge in [-0.25, -0.2) is 0 Å². The fourth-order valence-electron chi connectivity index (χ4n) is 3.73. The molecule has 35 heavy (non-hydrogen) atoms. The quantitative estimate of drug-likeness (QED) is 0.274. The van der Waals surface area contributed by atoms with Crippen LogP contribution in [-0.2, 0) is 0 Å². The van der Waals surface area contributed by atoms with Crippen LogP contribution in [0, 0.1) is 6.92 Å². The third-order valence-electron chi connectivity index (χ3n) is 5.46. The van der Waals surface area contributed by atoms with Gasteiger partial charge in [0.15, 0.2) is 16.9 Å². The van der Waals surface area contributed by atoms with Crippen LogP contribution >= 0.6 is 0 Å². The predicted octanol–water partition coefficient (Wildman–Crippen LogP) is 5.64. The maximum atomic E-state index is 12.9. The molecule has 0 aliphatic rings. The molecule has 0 saturated heterocycles. The lowest BCUT2D eigenvalue weighted by Gasteiger charge is -2.14. The lowest BCUT2D eigenvalue weighted by Crippen LogP contribution is -2.06. The summed E-state index contributed by atoms with van der Waals surface area (Å²) in [6.45, 7) is 3.03. The monoisotopic (exact) mass is 476 g/mol. The summed E-state index contributed by atoms with van der Waals surface area (Å²) in [4.78, 5) is 12.9. The van der Waals surface area contributed by atoms with Crippen molar-refractivity contribution >= 4 is 11.0 Å². The van der Waals surface area contributed by atoms with Gasteiger partial charge in [-0.3, -0.25) is 4.79 Å². The van der Waals surface area contributed by atoms with Gasteiger partial charge in [-0.2, -0.15) is 0 Å². The van der Waals surface area contributed by atoms with E-state index in [1.165, 1.54) is 27.4 Å². The van der Waals surface area contributed by atoms with Crippen molar-refractivity contribution in [3.8, 4) is 40.1 Å². The van der Waals surface area contributed by atoms with Gasteiger partial charge in [-0.1, -0.05) is 12.1 Å². The standard InChI is InChI=1S/C28H28O7/c1-18-7-5-8-20(13-18)33-11-6-12-34-21-9-10-24-22(16-21)23(29)17-25(35-24)19-14-26(30-2)28(32-4)27(15-19)31-3/h5,7-10,13-17H,6,11-12H2,1-4H3. The Bertz CT molecular complexity index is 1350. The fourth-order valence-corrected chi connectivity index (χ4v) is 3.73. The second-order valence-corrected chi connectivity index (χ2v) is 7.91. The Morgan fingerprint density at radius 1 is 0.771 bits per heavy atom. The van der Waals surface area contributed by atoms with Gasteiger partial charge in [0.05, 0.1) is 39.9 Å². The number of hydrogen-bond acceptors (Lipinski definition) is 7. The van der Waals surface area contributed by atoms with Gasteiger partial charge in [0.1, 0.15) is 22.8 Å². The van der Waals surface area contributed by atoms with Gasteiger partial charge in [-0.05, 0) is 55.0 Å². The molecular weight excluding hydrogens is 448 g/mol. The van der Waals surface area contributed by atoms with Crippen molar-refractivity contribution in [3.63, 3.8) is 0 Å². The van der Waals surface area contributed by atoms with E-state index in [4.69, 9.17) is 28.1 Å². The Labute approximate surface area is 203 Å². The van der Waals surface area contributed by atoms with Crippen molar-refractivity contribution in [2.24, 2.45) is 0 Å². The molecule has 0 bridgehead atoms. The Balaban J connectivity index is 1.47. The van der Waals surface area contributed by atoms with Crippen molar-refractivity contribution < 1.29 is 28.1 Å². The first-order valence-corrected chi connectivity index (χ1v) is 11.2. The van der Waals surface area contributed by atoms with Crippen LogP contribution in [0.5, 0.6) is 28.7 Å². The number of fused-ring (bicyclic) bond motifs is 1. The maximum absolute atomic E-state index is 12.9. The summed E-state index contributed by atoms with van der Waals surface area (Å²) in [5, 5.41) is 0.440. The number of rotatable bonds is 10. The summed E-state index contributed by atoms with van der Waals surface area (Å²) >= 11 is 0. The van der Waals surface area contributed by atoms with E-state index in [2.05, 4.69) is 0 Å². The Kier molecular flexibility index (Phi) is 7.45. The van der Waals surface area contributed by atoms with Crippen LogP contribution in [0.25, 0.3) is 22.3 Å². The molecule has 1 aromatic heterocycles. The Morgan fingerprint density at radius 2 is 1.46 bits per heavy atom. The van der Waals surface area contributed by atoms with E-state index in [-0.39, 0.29) is 5.43 Å². The molecule has 0 unspecified atom stereocenters. The average molecular weight is 477 g/mol. The van der Waals surface area contributed by atoms with Crippen molar-refractivity contribution in [3.05, 3.63) is 76.5 Å². The first-order valence-electron chi connectivity index (χ1n) is 11.2. The van der Waals surface area contributed by atoms with E-state index in [1.807, 2.05) is 31.2 Å². The number of benzene rings is 3. The predicted molar refractivity (Wildman–Crippen MR) is 134 cm³/mol. The molecule has 7 heteroatoms. The molecule has 4 rings (SSSR count). The van der Waals surface area contributed by atoms with Crippen LogP contribution < -0.4 is 29.1 Å². The molecule has 0 amide bonds. The number of ether oxygens (including phenoxy) is 5. The van der Waals surface area contributed by atoms with E-state index >= 15 is 0 Å². The summed E-state index contributed by atoms with van der Waals surface area (Å²) < 4.78 is 33.8. The van der Waals surface area contributed by atoms with Gasteiger partial charge < -0.3 is 28.1 Å². The molecule has 1 heterocycles. The summed E-state index contributed by atoms with van der Waals surface area (Å²) in [7, 11) is 4.61. The van der Waals surface area contributed by atoms with E-state index < -0.39 is 0 Å². The molecule has 7 nitrogen and oxygen atoms in total. The van der Waals surface area contributed by atoms with E-state index in [0.717, 1.165) is 11.3 Å². The molecule has 3 aromatic carbocycles. The minimum atomic E-state index is -0.178. The van der Waals surface area contributed by atoms with Gasteiger partial charge in [0, 0.05) is 18.1 Å². The van der Waals surface area contributed by atoms with Crippen LogP contribution in [-0.4, -0.2) is 34.5 Å². The van der Waals surface area contributed by atoms with Crippen LogP contribution in [0.3, 0.4) is 0 Å². The highest BCUT2D eigenvalue weighted by Crippen LogP contribution is 2.41. The Hall–Kier alpha value is -4.13. The van der Waals surface area contributed by atoms with Crippen molar-refractivity contribution in [1.29, 1.82) is 0 Å². The minimum absolute atomic E-state index is 0.178. The molecule has 0 atom stereocenters. The second kappa shape index (κ2) is 10.9. The topological polar surface area (TPSA) is 76.4 Å². The van der Waals surface area contributed by atoms with Crippen LogP contribution in [0.1, 0.15) is 12.0 Å². The zero-order valence-electron chi connectivity index (χ0n) is 20.3. The Morgan fingerprint density at radius 3 is 2.09 bits per heavy atom. The summed E-state index contributed by atoms with van der Waals surface area (Å²) in [6, 6.07) is 18.1. The summed E-state index contributed by atoms with van der Waals surface area (Å²) in [5.74, 6) is 3.24. The first-order chi connectivity index (χ1) is 17.0. The van der Waals surface area contributed by atoms with Crippen LogP contribution in [0.4, 0.5) is 0 Å². The normalized spacial score (nSPS) is 10.7. The zero-order chi connectivity index (χ0) is 24.8. The maximum Gasteiger partial charge on any atom is 0.203 e. The van der Waals surface area contributed by atoms with E-state index in [0.29, 0.717) is 64.9 Å². The lowest BCUT2D eigenvalue weighted by atomic mass is 10.1. The third-order valence-corrected chi connectivity index (χ3v) is 5.46. The average Bonchev–Trinajstić information content (AvgIpc) is 2.87. The molecule has 182 valence electrons. The van der Waals surface area contributed by atoms with Gasteiger partial charge in [0.25, 0.3) is 0 Å². The number of aryl methyl sites for hydroxylation is 1. The fraction of sp³-hybridized carbons (Fsp3) is 0.250. The molecule has 0 fully saturated rings. The number of hydrogen-bond donors (Lipinski definition) is 0. The SMILES string of the molecule is COc1cc(-c2cc(=O)c3cc(OCCCOc4cccc(C)c4)ccc3o2)cc(OC)c1OC. The van der Waals surface area contributed by atoms with Gasteiger partial charge in [-0.15, -0.1) is 0 Å². The van der Waals surface area contributed by atoms with Crippen LogP contribution in [0.15, 0.2) is 69.9 Å². The lowest BCUT2D eigenvalue weighted by molar-refractivity contribution is 0.247. The van der Waals surface area contributed by atoms with Gasteiger partial charge in [0.2, 0.25) is 5.75 Å². The molecule has 0 aliphatic heterocycles. The molecular formula is C28H28O7. The van der Waals surface area contributed by atoms with E-state index in [9.17, 15) is 4.79 Å². The van der Waals surface area contributed by atoms with Crippen molar-refractivity contribution in [2.45, 2.75) is 13.3 Å². The molecule has 0 spiro atoms. The molecule has 0 aliphatic carbocycles. The number of methoxy groups -OCH3 is 3. The molecule has 0 saturated carbocycles.